The summed E-state index contributed by atoms with van der Waals surface area (Å²) in [6, 6.07) is 3.28. The molecule has 0 saturated carbocycles. The number of hydrogen-bond donors (Lipinski definition) is 2. The molecule has 0 fully saturated rings. The first-order chi connectivity index (χ1) is 8.20. The standard InChI is InChI=1S/C12H18N2O3S/c1-8-6-9(2)12(18(16,17)13-15)7-11(8)10(3)14(4)5/h6-7,13,15H,3H2,1-2,4-5H3. The van der Waals surface area contributed by atoms with Crippen molar-refractivity contribution >= 4 is 15.7 Å². The Morgan fingerprint density at radius 3 is 2.28 bits per heavy atom. The van der Waals surface area contributed by atoms with E-state index >= 15 is 0 Å². The number of hydrogen-bond acceptors (Lipinski definition) is 4. The van der Waals surface area contributed by atoms with Gasteiger partial charge >= 0.3 is 0 Å². The first-order valence-corrected chi connectivity index (χ1v) is 6.82. The zero-order valence-electron chi connectivity index (χ0n) is 11.0. The molecule has 5 nitrogen and oxygen atoms in total. The van der Waals surface area contributed by atoms with Gasteiger partial charge in [0.05, 0.1) is 4.90 Å². The minimum atomic E-state index is -3.88. The molecule has 0 saturated heterocycles. The van der Waals surface area contributed by atoms with Gasteiger partial charge in [-0.15, -0.1) is 0 Å². The lowest BCUT2D eigenvalue weighted by Gasteiger charge is -2.19. The zero-order chi connectivity index (χ0) is 14.1. The van der Waals surface area contributed by atoms with E-state index in [0.717, 1.165) is 11.1 Å². The van der Waals surface area contributed by atoms with Crippen LogP contribution in [0.15, 0.2) is 23.6 Å². The van der Waals surface area contributed by atoms with Gasteiger partial charge in [0.1, 0.15) is 0 Å². The van der Waals surface area contributed by atoms with Crippen molar-refractivity contribution in [2.24, 2.45) is 0 Å². The van der Waals surface area contributed by atoms with E-state index in [1.165, 1.54) is 11.0 Å². The van der Waals surface area contributed by atoms with E-state index in [1.807, 2.05) is 21.0 Å². The Hall–Kier alpha value is -1.37. The van der Waals surface area contributed by atoms with E-state index in [0.29, 0.717) is 11.3 Å². The van der Waals surface area contributed by atoms with Crippen molar-refractivity contribution in [3.63, 3.8) is 0 Å². The van der Waals surface area contributed by atoms with E-state index in [9.17, 15) is 8.42 Å². The highest BCUT2D eigenvalue weighted by Crippen LogP contribution is 2.25. The van der Waals surface area contributed by atoms with Crippen LogP contribution < -0.4 is 4.89 Å². The number of benzene rings is 1. The fraction of sp³-hybridized carbons (Fsp3) is 0.333. The van der Waals surface area contributed by atoms with Crippen LogP contribution in [0.3, 0.4) is 0 Å². The summed E-state index contributed by atoms with van der Waals surface area (Å²) in [5.74, 6) is 0. The summed E-state index contributed by atoms with van der Waals surface area (Å²) in [6.45, 7) is 7.48. The third kappa shape index (κ3) is 2.72. The van der Waals surface area contributed by atoms with Gasteiger partial charge in [-0.05, 0) is 31.0 Å². The molecule has 0 atom stereocenters. The van der Waals surface area contributed by atoms with Crippen molar-refractivity contribution in [2.45, 2.75) is 18.7 Å². The van der Waals surface area contributed by atoms with Crippen molar-refractivity contribution in [1.29, 1.82) is 0 Å². The van der Waals surface area contributed by atoms with Crippen LogP contribution in [0.25, 0.3) is 5.70 Å². The average molecular weight is 270 g/mol. The highest BCUT2D eigenvalue weighted by atomic mass is 32.2. The topological polar surface area (TPSA) is 69.6 Å². The molecule has 6 heteroatoms. The molecule has 0 unspecified atom stereocenters. The molecular weight excluding hydrogens is 252 g/mol. The molecule has 0 heterocycles. The third-order valence-corrected chi connectivity index (χ3v) is 4.04. The monoisotopic (exact) mass is 270 g/mol. The maximum absolute atomic E-state index is 11.7. The van der Waals surface area contributed by atoms with Gasteiger partial charge in [-0.25, -0.2) is 8.42 Å². The summed E-state index contributed by atoms with van der Waals surface area (Å²) in [4.78, 5) is 3.20. The van der Waals surface area contributed by atoms with Crippen molar-refractivity contribution in [3.8, 4) is 0 Å². The molecule has 0 radical (unpaired) electrons. The normalized spacial score (nSPS) is 11.4. The molecule has 0 aliphatic carbocycles. The van der Waals surface area contributed by atoms with Gasteiger partial charge in [0.2, 0.25) is 0 Å². The number of nitrogens with one attached hydrogen (secondary N) is 1. The van der Waals surface area contributed by atoms with Crippen LogP contribution in [0.2, 0.25) is 0 Å². The summed E-state index contributed by atoms with van der Waals surface area (Å²) < 4.78 is 23.3. The van der Waals surface area contributed by atoms with Gasteiger partial charge in [0.15, 0.2) is 0 Å². The lowest BCUT2D eigenvalue weighted by Crippen LogP contribution is -2.21. The lowest BCUT2D eigenvalue weighted by molar-refractivity contribution is 0.242. The van der Waals surface area contributed by atoms with Gasteiger partial charge in [-0.1, -0.05) is 17.5 Å². The first-order valence-electron chi connectivity index (χ1n) is 5.34. The number of aryl methyl sites for hydroxylation is 2. The van der Waals surface area contributed by atoms with Crippen molar-refractivity contribution in [1.82, 2.24) is 9.79 Å². The van der Waals surface area contributed by atoms with Crippen LogP contribution in [-0.2, 0) is 10.0 Å². The van der Waals surface area contributed by atoms with Crippen molar-refractivity contribution in [2.75, 3.05) is 14.1 Å². The Morgan fingerprint density at radius 1 is 1.28 bits per heavy atom. The largest absolute Gasteiger partial charge is 0.378 e. The number of rotatable bonds is 4. The summed E-state index contributed by atoms with van der Waals surface area (Å²) >= 11 is 0. The molecule has 0 aliphatic rings. The Labute approximate surface area is 108 Å². The predicted molar refractivity (Wildman–Crippen MR) is 70.7 cm³/mol. The Morgan fingerprint density at radius 2 is 1.83 bits per heavy atom. The van der Waals surface area contributed by atoms with E-state index in [4.69, 9.17) is 5.21 Å². The van der Waals surface area contributed by atoms with Crippen LogP contribution in [-0.4, -0.2) is 32.6 Å². The quantitative estimate of drug-likeness (QED) is 0.814. The molecule has 0 aliphatic heterocycles. The van der Waals surface area contributed by atoms with Crippen LogP contribution in [0.5, 0.6) is 0 Å². The zero-order valence-corrected chi connectivity index (χ0v) is 11.8. The molecule has 0 amide bonds. The SMILES string of the molecule is C=C(c1cc(S(=O)(=O)NO)c(C)cc1C)N(C)C. The molecular formula is C12H18N2O3S. The Balaban J connectivity index is 3.50. The molecule has 0 bridgehead atoms. The minimum Gasteiger partial charge on any atom is -0.378 e. The van der Waals surface area contributed by atoms with Gasteiger partial charge in [0.25, 0.3) is 10.0 Å². The average Bonchev–Trinajstić information content (AvgIpc) is 2.27. The second-order valence-electron chi connectivity index (χ2n) is 4.37. The fourth-order valence-electron chi connectivity index (χ4n) is 1.72. The van der Waals surface area contributed by atoms with Crippen molar-refractivity contribution < 1.29 is 13.6 Å². The third-order valence-electron chi connectivity index (χ3n) is 2.78. The summed E-state index contributed by atoms with van der Waals surface area (Å²) in [7, 11) is -0.215. The molecule has 1 aromatic rings. The molecule has 18 heavy (non-hydrogen) atoms. The van der Waals surface area contributed by atoms with Crippen LogP contribution in [0, 0.1) is 13.8 Å². The van der Waals surface area contributed by atoms with Gasteiger partial charge in [-0.3, -0.25) is 0 Å². The van der Waals surface area contributed by atoms with E-state index in [2.05, 4.69) is 6.58 Å². The van der Waals surface area contributed by atoms with Crippen LogP contribution >= 0.6 is 0 Å². The first kappa shape index (κ1) is 14.7. The molecule has 1 aromatic carbocycles. The van der Waals surface area contributed by atoms with Crippen LogP contribution in [0.1, 0.15) is 16.7 Å². The highest BCUT2D eigenvalue weighted by Gasteiger charge is 2.18. The van der Waals surface area contributed by atoms with E-state index in [-0.39, 0.29) is 4.90 Å². The second kappa shape index (κ2) is 5.09. The summed E-state index contributed by atoms with van der Waals surface area (Å²) in [5.41, 5.74) is 2.95. The molecule has 100 valence electrons. The minimum absolute atomic E-state index is 0.0496. The molecule has 2 N–H and O–H groups in total. The predicted octanol–water partition coefficient (Wildman–Crippen LogP) is 1.50. The molecule has 1 rings (SSSR count). The van der Waals surface area contributed by atoms with Crippen molar-refractivity contribution in [3.05, 3.63) is 35.4 Å². The van der Waals surface area contributed by atoms with Gasteiger partial charge in [0, 0.05) is 25.4 Å². The summed E-state index contributed by atoms with van der Waals surface area (Å²) in [6.07, 6.45) is 0. The van der Waals surface area contributed by atoms with Gasteiger partial charge in [-0.2, -0.15) is 0 Å². The highest BCUT2D eigenvalue weighted by molar-refractivity contribution is 7.89. The molecule has 0 spiro atoms. The maximum atomic E-state index is 11.7. The number of nitrogens with zero attached hydrogens (tertiary/aromatic N) is 1. The Bertz CT molecular complexity index is 577. The van der Waals surface area contributed by atoms with Crippen LogP contribution in [0.4, 0.5) is 0 Å². The second-order valence-corrected chi connectivity index (χ2v) is 6.00. The van der Waals surface area contributed by atoms with E-state index in [1.54, 1.807) is 17.9 Å². The smallest absolute Gasteiger partial charge is 0.262 e. The fourth-order valence-corrected chi connectivity index (χ4v) is 2.58. The van der Waals surface area contributed by atoms with E-state index < -0.39 is 10.0 Å². The maximum Gasteiger partial charge on any atom is 0.262 e. The summed E-state index contributed by atoms with van der Waals surface area (Å²) in [5, 5.41) is 8.71. The Kier molecular flexibility index (Phi) is 4.16. The number of sulfonamides is 1. The lowest BCUT2D eigenvalue weighted by atomic mass is 10.0. The molecule has 0 aromatic heterocycles. The van der Waals surface area contributed by atoms with Gasteiger partial charge < -0.3 is 10.1 Å².